The van der Waals surface area contributed by atoms with E-state index in [0.717, 1.165) is 0 Å². The van der Waals surface area contributed by atoms with Crippen LogP contribution in [0.5, 0.6) is 0 Å². The van der Waals surface area contributed by atoms with Gasteiger partial charge in [-0.1, -0.05) is 20.8 Å². The number of rotatable bonds is 8. The standard InChI is InChI=1S/C19H33F3O6SSi/c1-17(2,3)30(5,6)28-16-13-15(27-29(23,24)19(20,21)22)12-14(16)8-7-9-18(4)25-10-11-26-18/h12,14,16H,7-11,13H2,1-6H3/t14-,16-/m1/s1. The molecule has 1 saturated heterocycles. The van der Waals surface area contributed by atoms with E-state index in [1.807, 2.05) is 6.92 Å². The van der Waals surface area contributed by atoms with Crippen molar-refractivity contribution in [2.45, 2.75) is 88.9 Å². The van der Waals surface area contributed by atoms with Crippen LogP contribution in [0.15, 0.2) is 11.8 Å². The maximum atomic E-state index is 12.7. The predicted octanol–water partition coefficient (Wildman–Crippen LogP) is 5.08. The van der Waals surface area contributed by atoms with Crippen LogP contribution in [0.4, 0.5) is 13.2 Å². The zero-order valence-corrected chi connectivity index (χ0v) is 20.3. The van der Waals surface area contributed by atoms with Crippen molar-refractivity contribution in [3.05, 3.63) is 11.8 Å². The van der Waals surface area contributed by atoms with Crippen LogP contribution >= 0.6 is 0 Å². The van der Waals surface area contributed by atoms with Gasteiger partial charge in [0.05, 0.1) is 19.3 Å². The van der Waals surface area contributed by atoms with Crippen molar-refractivity contribution in [2.24, 2.45) is 5.92 Å². The minimum absolute atomic E-state index is 0.00322. The first kappa shape index (κ1) is 25.6. The molecule has 11 heteroatoms. The molecule has 30 heavy (non-hydrogen) atoms. The molecule has 1 aliphatic heterocycles. The average Bonchev–Trinajstić information content (AvgIpc) is 3.11. The van der Waals surface area contributed by atoms with Crippen LogP contribution in [-0.4, -0.2) is 47.3 Å². The molecular weight excluding hydrogens is 441 g/mol. The molecule has 0 N–H and O–H groups in total. The van der Waals surface area contributed by atoms with E-state index in [4.69, 9.17) is 13.9 Å². The highest BCUT2D eigenvalue weighted by Crippen LogP contribution is 2.43. The molecule has 6 nitrogen and oxygen atoms in total. The smallest absolute Gasteiger partial charge is 0.413 e. The van der Waals surface area contributed by atoms with Crippen LogP contribution in [-0.2, 0) is 28.2 Å². The Balaban J connectivity index is 2.12. The van der Waals surface area contributed by atoms with E-state index < -0.39 is 35.8 Å². The van der Waals surface area contributed by atoms with E-state index in [1.54, 1.807) is 0 Å². The third kappa shape index (κ3) is 6.21. The van der Waals surface area contributed by atoms with Crippen molar-refractivity contribution in [3.8, 4) is 0 Å². The molecule has 0 aromatic heterocycles. The van der Waals surface area contributed by atoms with E-state index in [2.05, 4.69) is 38.0 Å². The summed E-state index contributed by atoms with van der Waals surface area (Å²) in [6, 6.07) is 0. The first-order valence-corrected chi connectivity index (χ1v) is 14.4. The van der Waals surface area contributed by atoms with Gasteiger partial charge in [-0.2, -0.15) is 21.6 Å². The summed E-state index contributed by atoms with van der Waals surface area (Å²) in [5, 5.41) is -0.0990. The van der Waals surface area contributed by atoms with E-state index >= 15 is 0 Å². The summed E-state index contributed by atoms with van der Waals surface area (Å²) in [5.74, 6) is -1.11. The molecule has 1 heterocycles. The molecule has 176 valence electrons. The van der Waals surface area contributed by atoms with Crippen LogP contribution in [0.2, 0.25) is 18.1 Å². The molecule has 0 aromatic carbocycles. The number of halogens is 3. The van der Waals surface area contributed by atoms with Crippen molar-refractivity contribution in [3.63, 3.8) is 0 Å². The quantitative estimate of drug-likeness (QED) is 0.278. The van der Waals surface area contributed by atoms with Gasteiger partial charge in [0, 0.05) is 18.8 Å². The number of alkyl halides is 3. The van der Waals surface area contributed by atoms with Crippen LogP contribution in [0, 0.1) is 5.92 Å². The fourth-order valence-electron chi connectivity index (χ4n) is 3.33. The minimum Gasteiger partial charge on any atom is -0.413 e. The Morgan fingerprint density at radius 3 is 2.27 bits per heavy atom. The molecule has 0 amide bonds. The highest BCUT2D eigenvalue weighted by atomic mass is 32.2. The molecule has 0 unspecified atom stereocenters. The summed E-state index contributed by atoms with van der Waals surface area (Å²) in [6.45, 7) is 13.2. The second-order valence-corrected chi connectivity index (χ2v) is 15.9. The van der Waals surface area contributed by atoms with Gasteiger partial charge in [0.15, 0.2) is 14.1 Å². The summed E-state index contributed by atoms with van der Waals surface area (Å²) in [5.41, 5.74) is -5.46. The molecule has 1 fully saturated rings. The highest BCUT2D eigenvalue weighted by Gasteiger charge is 2.50. The van der Waals surface area contributed by atoms with Crippen molar-refractivity contribution in [1.82, 2.24) is 0 Å². The Kier molecular flexibility index (Phi) is 7.45. The molecular formula is C19H33F3O6SSi. The Bertz CT molecular complexity index is 736. The van der Waals surface area contributed by atoms with Crippen molar-refractivity contribution < 1.29 is 39.7 Å². The van der Waals surface area contributed by atoms with Gasteiger partial charge < -0.3 is 18.1 Å². The Morgan fingerprint density at radius 1 is 1.20 bits per heavy atom. The van der Waals surface area contributed by atoms with Gasteiger partial charge in [0.2, 0.25) is 0 Å². The summed E-state index contributed by atoms with van der Waals surface area (Å²) < 4.78 is 83.1. The van der Waals surface area contributed by atoms with Gasteiger partial charge in [-0.25, -0.2) is 0 Å². The van der Waals surface area contributed by atoms with Gasteiger partial charge in [-0.15, -0.1) is 0 Å². The molecule has 0 aromatic rings. The summed E-state index contributed by atoms with van der Waals surface area (Å²) in [7, 11) is -7.92. The largest absolute Gasteiger partial charge is 0.534 e. The van der Waals surface area contributed by atoms with E-state index in [-0.39, 0.29) is 23.1 Å². The lowest BCUT2D eigenvalue weighted by atomic mass is 9.97. The molecule has 0 radical (unpaired) electrons. The second-order valence-electron chi connectivity index (χ2n) is 9.62. The lowest BCUT2D eigenvalue weighted by Gasteiger charge is -2.40. The lowest BCUT2D eigenvalue weighted by molar-refractivity contribution is -0.148. The highest BCUT2D eigenvalue weighted by molar-refractivity contribution is 7.87. The summed E-state index contributed by atoms with van der Waals surface area (Å²) in [4.78, 5) is 0. The second kappa shape index (κ2) is 8.72. The maximum Gasteiger partial charge on any atom is 0.534 e. The Morgan fingerprint density at radius 2 is 1.77 bits per heavy atom. The number of hydrogen-bond donors (Lipinski definition) is 0. The number of hydrogen-bond acceptors (Lipinski definition) is 6. The minimum atomic E-state index is -5.70. The SMILES string of the molecule is CC1(CCC[C@@H]2C=C(OS(=O)(=O)C(F)(F)F)C[C@H]2O[Si](C)(C)C(C)(C)C)OCCO1. The van der Waals surface area contributed by atoms with Gasteiger partial charge in [0.1, 0.15) is 5.76 Å². The molecule has 0 spiro atoms. The van der Waals surface area contributed by atoms with Gasteiger partial charge in [-0.3, -0.25) is 0 Å². The molecule has 0 saturated carbocycles. The summed E-state index contributed by atoms with van der Waals surface area (Å²) >= 11 is 0. The predicted molar refractivity (Wildman–Crippen MR) is 108 cm³/mol. The van der Waals surface area contributed by atoms with Crippen molar-refractivity contribution >= 4 is 18.4 Å². The monoisotopic (exact) mass is 474 g/mol. The Labute approximate surface area is 178 Å². The van der Waals surface area contributed by atoms with Crippen molar-refractivity contribution in [1.29, 1.82) is 0 Å². The third-order valence-corrected chi connectivity index (χ3v) is 11.6. The topological polar surface area (TPSA) is 71.1 Å². The fraction of sp³-hybridized carbons (Fsp3) is 0.895. The lowest BCUT2D eigenvalue weighted by Crippen LogP contribution is -2.45. The van der Waals surface area contributed by atoms with Gasteiger partial charge >= 0.3 is 15.6 Å². The summed E-state index contributed by atoms with van der Waals surface area (Å²) in [6.07, 6.45) is 2.95. The molecule has 2 atom stereocenters. The molecule has 0 bridgehead atoms. The first-order valence-electron chi connectivity index (χ1n) is 10.1. The Hall–Kier alpha value is -0.623. The van der Waals surface area contributed by atoms with Crippen LogP contribution < -0.4 is 0 Å². The number of ether oxygens (including phenoxy) is 2. The normalized spacial score (nSPS) is 25.4. The zero-order chi connectivity index (χ0) is 23.0. The van der Waals surface area contributed by atoms with Crippen LogP contribution in [0.25, 0.3) is 0 Å². The van der Waals surface area contributed by atoms with Gasteiger partial charge in [-0.05, 0) is 44.0 Å². The van der Waals surface area contributed by atoms with E-state index in [0.29, 0.717) is 32.5 Å². The first-order chi connectivity index (χ1) is 13.5. The van der Waals surface area contributed by atoms with Crippen LogP contribution in [0.3, 0.4) is 0 Å². The molecule has 2 aliphatic rings. The van der Waals surface area contributed by atoms with E-state index in [9.17, 15) is 21.6 Å². The van der Waals surface area contributed by atoms with E-state index in [1.165, 1.54) is 6.08 Å². The third-order valence-electron chi connectivity index (χ3n) is 6.10. The molecule has 1 aliphatic carbocycles. The van der Waals surface area contributed by atoms with Crippen LogP contribution in [0.1, 0.15) is 53.4 Å². The van der Waals surface area contributed by atoms with Crippen molar-refractivity contribution in [2.75, 3.05) is 13.2 Å². The maximum absolute atomic E-state index is 12.7. The fourth-order valence-corrected chi connectivity index (χ4v) is 5.20. The molecule has 2 rings (SSSR count). The zero-order valence-electron chi connectivity index (χ0n) is 18.5. The average molecular weight is 475 g/mol. The van der Waals surface area contributed by atoms with Gasteiger partial charge in [0.25, 0.3) is 0 Å².